The highest BCUT2D eigenvalue weighted by Crippen LogP contribution is 2.21. The Bertz CT molecular complexity index is 1060. The van der Waals surface area contributed by atoms with E-state index in [0.717, 1.165) is 31.5 Å². The summed E-state index contributed by atoms with van der Waals surface area (Å²) in [4.78, 5) is 39.8. The van der Waals surface area contributed by atoms with Gasteiger partial charge in [-0.3, -0.25) is 19.8 Å². The molecule has 1 unspecified atom stereocenters. The summed E-state index contributed by atoms with van der Waals surface area (Å²) in [6.07, 6.45) is 1.96. The van der Waals surface area contributed by atoms with Gasteiger partial charge in [0.05, 0.1) is 19.1 Å². The lowest BCUT2D eigenvalue weighted by atomic mass is 9.99. The van der Waals surface area contributed by atoms with Gasteiger partial charge < -0.3 is 20.7 Å². The van der Waals surface area contributed by atoms with Crippen LogP contribution in [0.2, 0.25) is 0 Å². The predicted octanol–water partition coefficient (Wildman–Crippen LogP) is 2.94. The molecular formula is C25H30N4O4. The molecule has 174 valence electrons. The molecule has 1 aliphatic rings. The number of nitrogens with zero attached hydrogens (tertiary/aromatic N) is 1. The normalized spacial score (nSPS) is 13.9. The molecule has 1 heterocycles. The number of carbonyl (C=O) groups excluding carboxylic acids is 3. The van der Waals surface area contributed by atoms with Crippen molar-refractivity contribution >= 4 is 23.6 Å². The van der Waals surface area contributed by atoms with E-state index in [1.165, 1.54) is 0 Å². The first-order chi connectivity index (χ1) is 15.8. The van der Waals surface area contributed by atoms with E-state index in [0.29, 0.717) is 22.3 Å². The van der Waals surface area contributed by atoms with Crippen molar-refractivity contribution in [1.29, 1.82) is 5.41 Å². The molecule has 3 rings (SSSR count). The molecule has 0 saturated carbocycles. The number of amidine groups is 1. The van der Waals surface area contributed by atoms with Gasteiger partial charge in [-0.15, -0.1) is 0 Å². The monoisotopic (exact) mass is 450 g/mol. The average Bonchev–Trinajstić information content (AvgIpc) is 3.33. The van der Waals surface area contributed by atoms with Gasteiger partial charge in [0, 0.05) is 29.8 Å². The van der Waals surface area contributed by atoms with Crippen LogP contribution in [-0.2, 0) is 9.53 Å². The minimum Gasteiger partial charge on any atom is -0.466 e. The molecule has 2 amide bonds. The number of nitrogen functional groups attached to an aromatic ring is 1. The van der Waals surface area contributed by atoms with E-state index in [4.69, 9.17) is 15.9 Å². The Hall–Kier alpha value is -3.68. The van der Waals surface area contributed by atoms with Crippen LogP contribution in [0.1, 0.15) is 69.6 Å². The number of carbonyl (C=O) groups is 3. The molecule has 8 heteroatoms. The quantitative estimate of drug-likeness (QED) is 0.324. The van der Waals surface area contributed by atoms with Crippen LogP contribution in [0.15, 0.2) is 42.5 Å². The van der Waals surface area contributed by atoms with Gasteiger partial charge in [-0.25, -0.2) is 0 Å². The topological polar surface area (TPSA) is 126 Å². The Balaban J connectivity index is 1.81. The van der Waals surface area contributed by atoms with E-state index in [1.54, 1.807) is 49.4 Å². The van der Waals surface area contributed by atoms with Crippen molar-refractivity contribution in [3.8, 4) is 0 Å². The zero-order valence-corrected chi connectivity index (χ0v) is 19.0. The van der Waals surface area contributed by atoms with Gasteiger partial charge in [-0.1, -0.05) is 18.2 Å². The second kappa shape index (κ2) is 10.8. The number of nitrogens with one attached hydrogen (secondary N) is 2. The zero-order valence-electron chi connectivity index (χ0n) is 19.0. The lowest BCUT2D eigenvalue weighted by Gasteiger charge is -2.20. The molecular weight excluding hydrogens is 420 g/mol. The SMILES string of the molecule is CCOC(=O)CC(NC(=O)c1ccc(C(=O)N2CCCC2)c(C)c1)c1cccc(C(=N)N)c1. The highest BCUT2D eigenvalue weighted by Gasteiger charge is 2.23. The van der Waals surface area contributed by atoms with Gasteiger partial charge in [0.15, 0.2) is 0 Å². The van der Waals surface area contributed by atoms with Crippen LogP contribution < -0.4 is 11.1 Å². The number of hydrogen-bond acceptors (Lipinski definition) is 5. The maximum Gasteiger partial charge on any atom is 0.308 e. The van der Waals surface area contributed by atoms with E-state index in [1.807, 2.05) is 11.8 Å². The van der Waals surface area contributed by atoms with Gasteiger partial charge >= 0.3 is 5.97 Å². The smallest absolute Gasteiger partial charge is 0.308 e. The Morgan fingerprint density at radius 2 is 1.85 bits per heavy atom. The molecule has 8 nitrogen and oxygen atoms in total. The van der Waals surface area contributed by atoms with Crippen LogP contribution in [0.25, 0.3) is 0 Å². The summed E-state index contributed by atoms with van der Waals surface area (Å²) < 4.78 is 5.07. The second-order valence-corrected chi connectivity index (χ2v) is 8.10. The lowest BCUT2D eigenvalue weighted by molar-refractivity contribution is -0.143. The van der Waals surface area contributed by atoms with E-state index in [-0.39, 0.29) is 30.7 Å². The third kappa shape index (κ3) is 5.97. The van der Waals surface area contributed by atoms with E-state index in [2.05, 4.69) is 5.32 Å². The van der Waals surface area contributed by atoms with Gasteiger partial charge in [0.1, 0.15) is 5.84 Å². The number of benzene rings is 2. The van der Waals surface area contributed by atoms with Crippen molar-refractivity contribution in [2.24, 2.45) is 5.73 Å². The van der Waals surface area contributed by atoms with E-state index in [9.17, 15) is 14.4 Å². The van der Waals surface area contributed by atoms with Crippen LogP contribution >= 0.6 is 0 Å². The summed E-state index contributed by atoms with van der Waals surface area (Å²) in [5, 5.41) is 10.6. The summed E-state index contributed by atoms with van der Waals surface area (Å²) in [6, 6.07) is 11.2. The molecule has 1 aliphatic heterocycles. The van der Waals surface area contributed by atoms with Crippen molar-refractivity contribution in [2.75, 3.05) is 19.7 Å². The standard InChI is InChI=1S/C25H30N4O4/c1-3-33-22(30)15-21(17-7-6-8-18(14-17)23(26)27)28-24(31)19-9-10-20(16(2)13-19)25(32)29-11-4-5-12-29/h6-10,13-14,21H,3-5,11-12,15H2,1-2H3,(H3,26,27)(H,28,31). The largest absolute Gasteiger partial charge is 0.466 e. The van der Waals surface area contributed by atoms with E-state index >= 15 is 0 Å². The molecule has 33 heavy (non-hydrogen) atoms. The molecule has 2 aromatic rings. The first kappa shape index (κ1) is 24.0. The summed E-state index contributed by atoms with van der Waals surface area (Å²) in [7, 11) is 0. The number of esters is 1. The van der Waals surface area contributed by atoms with Gasteiger partial charge in [-0.2, -0.15) is 0 Å². The molecule has 0 bridgehead atoms. The molecule has 1 atom stereocenters. The first-order valence-electron chi connectivity index (χ1n) is 11.1. The van der Waals surface area contributed by atoms with E-state index < -0.39 is 12.0 Å². The van der Waals surface area contributed by atoms with Crippen LogP contribution in [0, 0.1) is 12.3 Å². The van der Waals surface area contributed by atoms with Gasteiger partial charge in [0.25, 0.3) is 11.8 Å². The van der Waals surface area contributed by atoms with Crippen molar-refractivity contribution in [3.63, 3.8) is 0 Å². The third-order valence-corrected chi connectivity index (χ3v) is 5.69. The minimum absolute atomic E-state index is 0.0156. The fourth-order valence-electron chi connectivity index (χ4n) is 3.94. The maximum atomic E-state index is 13.1. The highest BCUT2D eigenvalue weighted by molar-refractivity contribution is 5.99. The maximum absolute atomic E-state index is 13.1. The summed E-state index contributed by atoms with van der Waals surface area (Å²) in [5.74, 6) is -0.940. The molecule has 0 spiro atoms. The fraction of sp³-hybridized carbons (Fsp3) is 0.360. The summed E-state index contributed by atoms with van der Waals surface area (Å²) in [6.45, 7) is 5.28. The van der Waals surface area contributed by atoms with Crippen molar-refractivity contribution in [1.82, 2.24) is 10.2 Å². The fourth-order valence-corrected chi connectivity index (χ4v) is 3.94. The summed E-state index contributed by atoms with van der Waals surface area (Å²) >= 11 is 0. The molecule has 0 aliphatic carbocycles. The Morgan fingerprint density at radius 1 is 1.12 bits per heavy atom. The Morgan fingerprint density at radius 3 is 2.48 bits per heavy atom. The summed E-state index contributed by atoms with van der Waals surface area (Å²) in [5.41, 5.74) is 8.44. The van der Waals surface area contributed by atoms with Crippen molar-refractivity contribution in [3.05, 3.63) is 70.3 Å². The second-order valence-electron chi connectivity index (χ2n) is 8.10. The molecule has 0 radical (unpaired) electrons. The highest BCUT2D eigenvalue weighted by atomic mass is 16.5. The van der Waals surface area contributed by atoms with Crippen molar-refractivity contribution < 1.29 is 19.1 Å². The number of rotatable bonds is 8. The van der Waals surface area contributed by atoms with Crippen LogP contribution in [0.3, 0.4) is 0 Å². The number of amides is 2. The molecule has 1 saturated heterocycles. The zero-order chi connectivity index (χ0) is 24.0. The molecule has 1 fully saturated rings. The molecule has 2 aromatic carbocycles. The van der Waals surface area contributed by atoms with Gasteiger partial charge in [-0.05, 0) is 62.1 Å². The average molecular weight is 451 g/mol. The van der Waals surface area contributed by atoms with Gasteiger partial charge in [0.2, 0.25) is 0 Å². The van der Waals surface area contributed by atoms with Crippen LogP contribution in [-0.4, -0.2) is 48.2 Å². The number of hydrogen-bond donors (Lipinski definition) is 3. The number of ether oxygens (including phenoxy) is 1. The third-order valence-electron chi connectivity index (χ3n) is 5.69. The number of nitrogens with two attached hydrogens (primary N) is 1. The number of aryl methyl sites for hydroxylation is 1. The Labute approximate surface area is 193 Å². The minimum atomic E-state index is -0.665. The van der Waals surface area contributed by atoms with Crippen LogP contribution in [0.4, 0.5) is 0 Å². The predicted molar refractivity (Wildman–Crippen MR) is 125 cm³/mol. The molecule has 4 N–H and O–H groups in total. The van der Waals surface area contributed by atoms with Crippen molar-refractivity contribution in [2.45, 2.75) is 39.2 Å². The van der Waals surface area contributed by atoms with Crippen LogP contribution in [0.5, 0.6) is 0 Å². The molecule has 0 aromatic heterocycles. The lowest BCUT2D eigenvalue weighted by Crippen LogP contribution is -2.31. The number of likely N-dealkylation sites (tertiary alicyclic amines) is 1. The first-order valence-corrected chi connectivity index (χ1v) is 11.1. The Kier molecular flexibility index (Phi) is 7.82.